The fourth-order valence-corrected chi connectivity index (χ4v) is 2.65. The summed E-state index contributed by atoms with van der Waals surface area (Å²) in [6.07, 6.45) is 3.94. The minimum atomic E-state index is -0.132. The van der Waals surface area contributed by atoms with Crippen molar-refractivity contribution in [1.29, 1.82) is 0 Å². The summed E-state index contributed by atoms with van der Waals surface area (Å²) in [5.41, 5.74) is 6.90. The average Bonchev–Trinajstić information content (AvgIpc) is 3.30. The highest BCUT2D eigenvalue weighted by Gasteiger charge is 2.31. The van der Waals surface area contributed by atoms with Crippen molar-refractivity contribution in [1.82, 2.24) is 10.3 Å². The van der Waals surface area contributed by atoms with E-state index >= 15 is 0 Å². The smallest absolute Gasteiger partial charge is 0.253 e. The van der Waals surface area contributed by atoms with Crippen LogP contribution in [0, 0.1) is 5.92 Å². The topological polar surface area (TPSA) is 68.0 Å². The lowest BCUT2D eigenvalue weighted by atomic mass is 10.1. The highest BCUT2D eigenvalue weighted by atomic mass is 35.5. The molecule has 1 saturated carbocycles. The molecule has 0 radical (unpaired) electrons. The first kappa shape index (κ1) is 13.3. The van der Waals surface area contributed by atoms with E-state index in [0.717, 1.165) is 18.2 Å². The third-order valence-electron chi connectivity index (χ3n) is 3.72. The molecule has 2 aromatic rings. The van der Waals surface area contributed by atoms with Crippen LogP contribution in [0.15, 0.2) is 30.5 Å². The number of nitrogens with two attached hydrogens (primary N) is 1. The molecule has 0 spiro atoms. The number of hydrogen-bond donors (Lipinski definition) is 2. The van der Waals surface area contributed by atoms with Gasteiger partial charge in [-0.15, -0.1) is 0 Å². The monoisotopic (exact) mass is 289 g/mol. The van der Waals surface area contributed by atoms with Crippen LogP contribution in [0.3, 0.4) is 0 Å². The normalized spacial score (nSPS) is 16.1. The van der Waals surface area contributed by atoms with E-state index in [-0.39, 0.29) is 11.9 Å². The molecule has 3 rings (SSSR count). The predicted octanol–water partition coefficient (Wildman–Crippen LogP) is 2.36. The molecule has 0 aliphatic heterocycles. The van der Waals surface area contributed by atoms with Gasteiger partial charge in [0.1, 0.15) is 0 Å². The van der Waals surface area contributed by atoms with Crippen LogP contribution in [-0.4, -0.2) is 23.5 Å². The zero-order valence-corrected chi connectivity index (χ0v) is 11.7. The van der Waals surface area contributed by atoms with Crippen LogP contribution in [0.5, 0.6) is 0 Å². The Morgan fingerprint density at radius 1 is 1.45 bits per heavy atom. The number of nitrogens with one attached hydrogen (secondary N) is 1. The number of fused-ring (bicyclic) bond motifs is 1. The van der Waals surface area contributed by atoms with Crippen molar-refractivity contribution in [3.05, 3.63) is 41.0 Å². The number of aromatic nitrogens is 1. The number of pyridine rings is 1. The Morgan fingerprint density at radius 2 is 2.25 bits per heavy atom. The van der Waals surface area contributed by atoms with Gasteiger partial charge in [0.25, 0.3) is 5.91 Å². The number of benzene rings is 1. The molecule has 0 saturated heterocycles. The molecular formula is C15H16ClN3O. The molecular weight excluding hydrogens is 274 g/mol. The zero-order valence-electron chi connectivity index (χ0n) is 11.0. The van der Waals surface area contributed by atoms with Crippen molar-refractivity contribution in [3.63, 3.8) is 0 Å². The van der Waals surface area contributed by atoms with E-state index in [1.54, 1.807) is 18.3 Å². The summed E-state index contributed by atoms with van der Waals surface area (Å²) < 4.78 is 0. The molecule has 4 nitrogen and oxygen atoms in total. The fourth-order valence-electron chi connectivity index (χ4n) is 2.44. The molecule has 1 atom stereocenters. The van der Waals surface area contributed by atoms with Gasteiger partial charge in [-0.2, -0.15) is 0 Å². The van der Waals surface area contributed by atoms with Crippen LogP contribution >= 0.6 is 11.6 Å². The third-order valence-corrected chi connectivity index (χ3v) is 4.05. The van der Waals surface area contributed by atoms with E-state index in [4.69, 9.17) is 17.3 Å². The first-order chi connectivity index (χ1) is 9.70. The van der Waals surface area contributed by atoms with Crippen LogP contribution < -0.4 is 11.1 Å². The SMILES string of the molecule is NCC(NC(=O)c1ccc(Cl)c2cccnc12)C1CC1. The molecule has 0 bridgehead atoms. The molecule has 1 aromatic heterocycles. The third kappa shape index (κ3) is 2.49. The highest BCUT2D eigenvalue weighted by molar-refractivity contribution is 6.36. The number of carbonyl (C=O) groups is 1. The van der Waals surface area contributed by atoms with Crippen LogP contribution in [0.25, 0.3) is 10.9 Å². The molecule has 20 heavy (non-hydrogen) atoms. The van der Waals surface area contributed by atoms with E-state index in [0.29, 0.717) is 28.6 Å². The van der Waals surface area contributed by atoms with Crippen molar-refractivity contribution >= 4 is 28.4 Å². The van der Waals surface area contributed by atoms with Gasteiger partial charge in [0.15, 0.2) is 0 Å². The minimum absolute atomic E-state index is 0.0527. The second kappa shape index (κ2) is 5.38. The molecule has 1 unspecified atom stereocenters. The number of nitrogens with zero attached hydrogens (tertiary/aromatic N) is 1. The van der Waals surface area contributed by atoms with Gasteiger partial charge < -0.3 is 11.1 Å². The Bertz CT molecular complexity index is 655. The van der Waals surface area contributed by atoms with Gasteiger partial charge in [0.2, 0.25) is 0 Å². The van der Waals surface area contributed by atoms with Gasteiger partial charge >= 0.3 is 0 Å². The first-order valence-corrected chi connectivity index (χ1v) is 7.12. The van der Waals surface area contributed by atoms with Gasteiger partial charge in [0.05, 0.1) is 16.1 Å². The lowest BCUT2D eigenvalue weighted by molar-refractivity contribution is 0.0935. The van der Waals surface area contributed by atoms with E-state index in [9.17, 15) is 4.79 Å². The van der Waals surface area contributed by atoms with Crippen molar-refractivity contribution in [2.24, 2.45) is 11.7 Å². The van der Waals surface area contributed by atoms with Gasteiger partial charge in [-0.05, 0) is 43.0 Å². The van der Waals surface area contributed by atoms with Crippen molar-refractivity contribution in [2.75, 3.05) is 6.54 Å². The lowest BCUT2D eigenvalue weighted by Crippen LogP contribution is -2.41. The molecule has 1 aromatic carbocycles. The standard InChI is InChI=1S/C15H16ClN3O/c16-12-6-5-11(14-10(12)2-1-7-18-14)15(20)19-13(8-17)9-3-4-9/h1-2,5-7,9,13H,3-4,8,17H2,(H,19,20). The first-order valence-electron chi connectivity index (χ1n) is 6.75. The van der Waals surface area contributed by atoms with E-state index in [2.05, 4.69) is 10.3 Å². The summed E-state index contributed by atoms with van der Waals surface area (Å²) in [6.45, 7) is 0.468. The second-order valence-electron chi connectivity index (χ2n) is 5.15. The highest BCUT2D eigenvalue weighted by Crippen LogP contribution is 2.32. The van der Waals surface area contributed by atoms with Gasteiger partial charge in [-0.25, -0.2) is 0 Å². The van der Waals surface area contributed by atoms with Crippen LogP contribution in [0.1, 0.15) is 23.2 Å². The van der Waals surface area contributed by atoms with E-state index in [1.807, 2.05) is 12.1 Å². The number of hydrogen-bond acceptors (Lipinski definition) is 3. The van der Waals surface area contributed by atoms with Crippen LogP contribution in [0.4, 0.5) is 0 Å². The quantitative estimate of drug-likeness (QED) is 0.908. The zero-order chi connectivity index (χ0) is 14.1. The molecule has 104 valence electrons. The maximum atomic E-state index is 12.4. The fraction of sp³-hybridized carbons (Fsp3) is 0.333. The summed E-state index contributed by atoms with van der Waals surface area (Å²) in [5, 5.41) is 4.40. The summed E-state index contributed by atoms with van der Waals surface area (Å²) in [5.74, 6) is 0.392. The molecule has 1 aliphatic rings. The van der Waals surface area contributed by atoms with Gasteiger partial charge in [-0.3, -0.25) is 9.78 Å². The maximum absolute atomic E-state index is 12.4. The van der Waals surface area contributed by atoms with Crippen LogP contribution in [-0.2, 0) is 0 Å². The Hall–Kier alpha value is -1.65. The molecule has 1 heterocycles. The number of amides is 1. The predicted molar refractivity (Wildman–Crippen MR) is 79.8 cm³/mol. The number of rotatable bonds is 4. The van der Waals surface area contributed by atoms with E-state index in [1.165, 1.54) is 0 Å². The summed E-state index contributed by atoms with van der Waals surface area (Å²) in [6, 6.07) is 7.17. The molecule has 3 N–H and O–H groups in total. The lowest BCUT2D eigenvalue weighted by Gasteiger charge is -2.16. The van der Waals surface area contributed by atoms with Crippen molar-refractivity contribution in [2.45, 2.75) is 18.9 Å². The molecule has 5 heteroatoms. The van der Waals surface area contributed by atoms with Gasteiger partial charge in [0, 0.05) is 24.2 Å². The Labute approximate surface area is 122 Å². The summed E-state index contributed by atoms with van der Waals surface area (Å²) in [4.78, 5) is 16.7. The summed E-state index contributed by atoms with van der Waals surface area (Å²) in [7, 11) is 0. The number of halogens is 1. The van der Waals surface area contributed by atoms with Crippen LogP contribution in [0.2, 0.25) is 5.02 Å². The minimum Gasteiger partial charge on any atom is -0.348 e. The molecule has 1 amide bonds. The Morgan fingerprint density at radius 3 is 2.95 bits per heavy atom. The number of carbonyl (C=O) groups excluding carboxylic acids is 1. The average molecular weight is 290 g/mol. The Balaban J connectivity index is 1.93. The van der Waals surface area contributed by atoms with Crippen molar-refractivity contribution < 1.29 is 4.79 Å². The molecule has 1 fully saturated rings. The van der Waals surface area contributed by atoms with Crippen molar-refractivity contribution in [3.8, 4) is 0 Å². The Kier molecular flexibility index (Phi) is 3.59. The summed E-state index contributed by atoms with van der Waals surface area (Å²) >= 11 is 6.14. The second-order valence-corrected chi connectivity index (χ2v) is 5.55. The maximum Gasteiger partial charge on any atom is 0.253 e. The van der Waals surface area contributed by atoms with E-state index < -0.39 is 0 Å². The molecule has 1 aliphatic carbocycles. The largest absolute Gasteiger partial charge is 0.348 e. The van der Waals surface area contributed by atoms with Gasteiger partial charge in [-0.1, -0.05) is 11.6 Å².